The number of hydrogen-bond acceptors (Lipinski definition) is 4. The fourth-order valence-electron chi connectivity index (χ4n) is 0.333. The van der Waals surface area contributed by atoms with Crippen molar-refractivity contribution in [2.24, 2.45) is 0 Å². The molecular weight excluding hydrogens is 156 g/mol. The molecule has 2 heterocycles. The van der Waals surface area contributed by atoms with Gasteiger partial charge in [-0.1, -0.05) is 13.8 Å². The molecule has 6 nitrogen and oxygen atoms in total. The van der Waals surface area contributed by atoms with Crippen LogP contribution in [0.5, 0.6) is 0 Å². The van der Waals surface area contributed by atoms with E-state index >= 15 is 0 Å². The molecule has 2 rings (SSSR count). The van der Waals surface area contributed by atoms with Crippen LogP contribution in [0.25, 0.3) is 0 Å². The highest BCUT2D eigenvalue weighted by atomic mass is 15.3. The Labute approximate surface area is 70.4 Å². The first-order valence-electron chi connectivity index (χ1n) is 3.58. The number of nitrogens with one attached hydrogen (secondary N) is 2. The minimum absolute atomic E-state index is 1.44. The van der Waals surface area contributed by atoms with Crippen molar-refractivity contribution in [3.05, 3.63) is 25.0 Å². The van der Waals surface area contributed by atoms with Crippen LogP contribution >= 0.6 is 0 Å². The van der Waals surface area contributed by atoms with Gasteiger partial charge in [0, 0.05) is 0 Å². The molecular formula is C6H12N6. The summed E-state index contributed by atoms with van der Waals surface area (Å²) in [4.78, 5) is 3.56. The molecule has 2 aromatic rings. The summed E-state index contributed by atoms with van der Waals surface area (Å²) < 4.78 is 0. The molecule has 0 atom stereocenters. The van der Waals surface area contributed by atoms with E-state index in [1.807, 2.05) is 13.8 Å². The van der Waals surface area contributed by atoms with E-state index < -0.39 is 0 Å². The van der Waals surface area contributed by atoms with E-state index in [1.165, 1.54) is 12.7 Å². The van der Waals surface area contributed by atoms with E-state index in [0.29, 0.717) is 0 Å². The highest BCUT2D eigenvalue weighted by Crippen LogP contribution is 1.55. The zero-order valence-electron chi connectivity index (χ0n) is 7.10. The number of nitrogens with zero attached hydrogens (tertiary/aromatic N) is 4. The molecule has 0 aliphatic heterocycles. The van der Waals surface area contributed by atoms with Gasteiger partial charge < -0.3 is 0 Å². The Morgan fingerprint density at radius 1 is 1.00 bits per heavy atom. The van der Waals surface area contributed by atoms with Gasteiger partial charge in [0.15, 0.2) is 0 Å². The van der Waals surface area contributed by atoms with Crippen LogP contribution in [-0.2, 0) is 0 Å². The number of hydrogen-bond donors (Lipinski definition) is 2. The quantitative estimate of drug-likeness (QED) is 0.604. The van der Waals surface area contributed by atoms with Gasteiger partial charge >= 0.3 is 0 Å². The summed E-state index contributed by atoms with van der Waals surface area (Å²) in [6, 6.07) is 0. The topological polar surface area (TPSA) is 83.1 Å². The third kappa shape index (κ3) is 6.40. The summed E-state index contributed by atoms with van der Waals surface area (Å²) in [6.45, 7) is 4.00. The normalized spacial score (nSPS) is 7.17. The van der Waals surface area contributed by atoms with E-state index in [-0.39, 0.29) is 0 Å². The highest BCUT2D eigenvalue weighted by molar-refractivity contribution is 4.54. The first-order chi connectivity index (χ1) is 6.00. The Kier molecular flexibility index (Phi) is 7.95. The van der Waals surface area contributed by atoms with Gasteiger partial charge in [0.2, 0.25) is 0 Å². The van der Waals surface area contributed by atoms with Gasteiger partial charge in [-0.3, -0.25) is 5.10 Å². The summed E-state index contributed by atoms with van der Waals surface area (Å²) in [5, 5.41) is 15.3. The molecule has 2 aromatic heterocycles. The van der Waals surface area contributed by atoms with Gasteiger partial charge in [0.1, 0.15) is 12.7 Å². The number of rotatable bonds is 0. The monoisotopic (exact) mass is 168 g/mol. The molecule has 0 unspecified atom stereocenters. The van der Waals surface area contributed by atoms with Crippen molar-refractivity contribution < 1.29 is 0 Å². The summed E-state index contributed by atoms with van der Waals surface area (Å²) >= 11 is 0. The first-order valence-corrected chi connectivity index (χ1v) is 3.58. The van der Waals surface area contributed by atoms with Crippen molar-refractivity contribution in [1.29, 1.82) is 0 Å². The van der Waals surface area contributed by atoms with Gasteiger partial charge in [0.05, 0.1) is 12.4 Å². The molecule has 0 spiro atoms. The molecule has 0 amide bonds. The van der Waals surface area contributed by atoms with Gasteiger partial charge in [0.25, 0.3) is 0 Å². The number of aromatic amines is 2. The minimum Gasteiger partial charge on any atom is -0.266 e. The lowest BCUT2D eigenvalue weighted by molar-refractivity contribution is 0.940. The maximum Gasteiger partial charge on any atom is 0.137 e. The van der Waals surface area contributed by atoms with Crippen LogP contribution in [0.4, 0.5) is 0 Å². The summed E-state index contributed by atoms with van der Waals surface area (Å²) in [6.07, 6.45) is 6.12. The molecule has 0 aliphatic rings. The van der Waals surface area contributed by atoms with Crippen molar-refractivity contribution in [3.8, 4) is 0 Å². The molecule has 0 aliphatic carbocycles. The van der Waals surface area contributed by atoms with E-state index in [9.17, 15) is 0 Å². The standard InChI is InChI=1S/2C2H3N3.C2H6/c1-3-2-5-4-1;1-2-4-5-3-1;1-2/h2*1-2H,(H,3,4,5);1-2H3. The lowest BCUT2D eigenvalue weighted by atomic mass is 11.0. The Morgan fingerprint density at radius 3 is 1.83 bits per heavy atom. The predicted octanol–water partition coefficient (Wildman–Crippen LogP) is 0.636. The predicted molar refractivity (Wildman–Crippen MR) is 44.1 cm³/mol. The average molecular weight is 168 g/mol. The summed E-state index contributed by atoms with van der Waals surface area (Å²) in [5.41, 5.74) is 0. The van der Waals surface area contributed by atoms with Crippen molar-refractivity contribution in [2.45, 2.75) is 13.8 Å². The van der Waals surface area contributed by atoms with Crippen molar-refractivity contribution in [2.75, 3.05) is 0 Å². The Hall–Kier alpha value is -1.72. The lowest BCUT2D eigenvalue weighted by Crippen LogP contribution is -1.61. The van der Waals surface area contributed by atoms with Crippen LogP contribution in [0.3, 0.4) is 0 Å². The van der Waals surface area contributed by atoms with Crippen LogP contribution in [0.1, 0.15) is 13.8 Å². The zero-order chi connectivity index (χ0) is 9.07. The highest BCUT2D eigenvalue weighted by Gasteiger charge is 1.57. The van der Waals surface area contributed by atoms with Crippen LogP contribution in [0, 0.1) is 0 Å². The molecule has 0 fully saturated rings. The third-order valence-electron chi connectivity index (χ3n) is 0.662. The Balaban J connectivity index is 0.000000168. The molecule has 0 aromatic carbocycles. The largest absolute Gasteiger partial charge is 0.266 e. The smallest absolute Gasteiger partial charge is 0.137 e. The molecule has 66 valence electrons. The fraction of sp³-hybridized carbons (Fsp3) is 0.333. The Morgan fingerprint density at radius 2 is 1.67 bits per heavy atom. The molecule has 2 N–H and O–H groups in total. The second kappa shape index (κ2) is 9.28. The van der Waals surface area contributed by atoms with Gasteiger partial charge in [-0.05, 0) is 0 Å². The average Bonchev–Trinajstić information content (AvgIpc) is 2.87. The second-order valence-corrected chi connectivity index (χ2v) is 1.31. The SMILES string of the molecule is CC.c1cn[nH]n1.c1nc[nH]n1. The first kappa shape index (κ1) is 10.3. The summed E-state index contributed by atoms with van der Waals surface area (Å²) in [7, 11) is 0. The summed E-state index contributed by atoms with van der Waals surface area (Å²) in [5.74, 6) is 0. The van der Waals surface area contributed by atoms with Crippen LogP contribution in [0.15, 0.2) is 25.0 Å². The Bertz CT molecular complexity index is 151. The van der Waals surface area contributed by atoms with Gasteiger partial charge in [-0.2, -0.15) is 20.5 Å². The lowest BCUT2D eigenvalue weighted by Gasteiger charge is -1.48. The number of H-pyrrole nitrogens is 2. The van der Waals surface area contributed by atoms with Gasteiger partial charge in [-0.15, -0.1) is 0 Å². The second-order valence-electron chi connectivity index (χ2n) is 1.31. The van der Waals surface area contributed by atoms with Crippen LogP contribution in [-0.4, -0.2) is 30.6 Å². The van der Waals surface area contributed by atoms with Crippen molar-refractivity contribution in [1.82, 2.24) is 30.6 Å². The molecule has 0 saturated carbocycles. The molecule has 0 radical (unpaired) electrons. The number of aromatic nitrogens is 6. The van der Waals surface area contributed by atoms with E-state index in [2.05, 4.69) is 30.6 Å². The van der Waals surface area contributed by atoms with Crippen LogP contribution < -0.4 is 0 Å². The third-order valence-corrected chi connectivity index (χ3v) is 0.662. The van der Waals surface area contributed by atoms with E-state index in [4.69, 9.17) is 0 Å². The molecule has 0 saturated heterocycles. The maximum atomic E-state index is 3.56. The molecule has 6 heteroatoms. The maximum absolute atomic E-state index is 3.56. The van der Waals surface area contributed by atoms with E-state index in [0.717, 1.165) is 0 Å². The van der Waals surface area contributed by atoms with Gasteiger partial charge in [-0.25, -0.2) is 4.98 Å². The zero-order valence-corrected chi connectivity index (χ0v) is 7.10. The van der Waals surface area contributed by atoms with E-state index in [1.54, 1.807) is 12.4 Å². The minimum atomic E-state index is 1.44. The van der Waals surface area contributed by atoms with Crippen molar-refractivity contribution in [3.63, 3.8) is 0 Å². The fourth-order valence-corrected chi connectivity index (χ4v) is 0.333. The van der Waals surface area contributed by atoms with Crippen molar-refractivity contribution >= 4 is 0 Å². The van der Waals surface area contributed by atoms with Crippen LogP contribution in [0.2, 0.25) is 0 Å². The molecule has 0 bridgehead atoms. The molecule has 12 heavy (non-hydrogen) atoms.